The van der Waals surface area contributed by atoms with Crippen LogP contribution >= 0.6 is 0 Å². The van der Waals surface area contributed by atoms with Crippen molar-refractivity contribution < 1.29 is 33.0 Å². The van der Waals surface area contributed by atoms with E-state index in [0.29, 0.717) is 16.9 Å². The summed E-state index contributed by atoms with van der Waals surface area (Å²) in [5.74, 6) is -2.62. The van der Waals surface area contributed by atoms with Crippen LogP contribution < -0.4 is 10.6 Å². The Labute approximate surface area is 178 Å². The van der Waals surface area contributed by atoms with Crippen molar-refractivity contribution in [2.24, 2.45) is 0 Å². The largest absolute Gasteiger partial charge is 0.459 e. The van der Waals surface area contributed by atoms with E-state index >= 15 is 0 Å². The number of rotatable bonds is 9. The molecule has 2 rings (SSSR count). The number of benzene rings is 2. The highest BCUT2D eigenvalue weighted by Gasteiger charge is 2.12. The standard InChI is InChI=1S/C22H23FN2O6/c1-14(2)31-22(29)15-3-7-17(8-4-15)24-19(26)11-12-21(28)30-13-20(27)25-18-9-5-16(23)6-10-18/h3-10,14H,11-13H2,1-2H3,(H,24,26)(H,25,27). The quantitative estimate of drug-likeness (QED) is 0.591. The minimum absolute atomic E-state index is 0.143. The minimum Gasteiger partial charge on any atom is -0.459 e. The zero-order valence-corrected chi connectivity index (χ0v) is 17.1. The van der Waals surface area contributed by atoms with Gasteiger partial charge in [-0.25, -0.2) is 9.18 Å². The normalized spacial score (nSPS) is 10.3. The van der Waals surface area contributed by atoms with Gasteiger partial charge in [0.25, 0.3) is 5.91 Å². The van der Waals surface area contributed by atoms with E-state index in [4.69, 9.17) is 9.47 Å². The first-order valence-electron chi connectivity index (χ1n) is 9.55. The number of amides is 2. The van der Waals surface area contributed by atoms with Gasteiger partial charge in [0.2, 0.25) is 5.91 Å². The maximum Gasteiger partial charge on any atom is 0.338 e. The molecule has 2 aromatic rings. The molecule has 9 heteroatoms. The summed E-state index contributed by atoms with van der Waals surface area (Å²) in [5, 5.41) is 5.05. The third kappa shape index (κ3) is 8.65. The Morgan fingerprint density at radius 3 is 1.97 bits per heavy atom. The lowest BCUT2D eigenvalue weighted by molar-refractivity contribution is -0.147. The Morgan fingerprint density at radius 2 is 1.39 bits per heavy atom. The summed E-state index contributed by atoms with van der Waals surface area (Å²) in [7, 11) is 0. The molecule has 2 N–H and O–H groups in total. The first-order valence-corrected chi connectivity index (χ1v) is 9.55. The van der Waals surface area contributed by atoms with Gasteiger partial charge in [-0.1, -0.05) is 0 Å². The molecular weight excluding hydrogens is 407 g/mol. The smallest absolute Gasteiger partial charge is 0.338 e. The zero-order valence-electron chi connectivity index (χ0n) is 17.1. The van der Waals surface area contributed by atoms with E-state index in [0.717, 1.165) is 0 Å². The molecule has 0 fully saturated rings. The van der Waals surface area contributed by atoms with Crippen LogP contribution in [0, 0.1) is 5.82 Å². The second-order valence-corrected chi connectivity index (χ2v) is 6.80. The Kier molecular flexibility index (Phi) is 8.68. The number of nitrogens with one attached hydrogen (secondary N) is 2. The number of carbonyl (C=O) groups excluding carboxylic acids is 4. The minimum atomic E-state index is -0.712. The second-order valence-electron chi connectivity index (χ2n) is 6.80. The molecule has 0 aliphatic carbocycles. The van der Waals surface area contributed by atoms with E-state index in [1.807, 2.05) is 0 Å². The molecule has 2 amide bonds. The van der Waals surface area contributed by atoms with Crippen molar-refractivity contribution >= 4 is 35.1 Å². The van der Waals surface area contributed by atoms with E-state index in [1.165, 1.54) is 36.4 Å². The van der Waals surface area contributed by atoms with Crippen LogP contribution in [0.4, 0.5) is 15.8 Å². The fourth-order valence-electron chi connectivity index (χ4n) is 2.36. The van der Waals surface area contributed by atoms with Crippen LogP contribution in [-0.2, 0) is 23.9 Å². The zero-order chi connectivity index (χ0) is 22.8. The Hall–Kier alpha value is -3.75. The van der Waals surface area contributed by atoms with Crippen molar-refractivity contribution in [2.75, 3.05) is 17.2 Å². The van der Waals surface area contributed by atoms with E-state index in [-0.39, 0.29) is 18.9 Å². The predicted molar refractivity (Wildman–Crippen MR) is 111 cm³/mol. The molecule has 0 aliphatic rings. The Balaban J connectivity index is 1.69. The van der Waals surface area contributed by atoms with Crippen molar-refractivity contribution in [3.63, 3.8) is 0 Å². The van der Waals surface area contributed by atoms with Crippen LogP contribution in [0.2, 0.25) is 0 Å². The van der Waals surface area contributed by atoms with Gasteiger partial charge in [0, 0.05) is 17.8 Å². The van der Waals surface area contributed by atoms with Crippen LogP contribution in [0.5, 0.6) is 0 Å². The summed E-state index contributed by atoms with van der Waals surface area (Å²) in [4.78, 5) is 47.2. The van der Waals surface area contributed by atoms with Crippen LogP contribution in [0.1, 0.15) is 37.0 Å². The molecule has 0 radical (unpaired) electrons. The monoisotopic (exact) mass is 430 g/mol. The van der Waals surface area contributed by atoms with Gasteiger partial charge in [0.05, 0.1) is 18.1 Å². The number of halogens is 1. The molecule has 0 aliphatic heterocycles. The van der Waals surface area contributed by atoms with Gasteiger partial charge >= 0.3 is 11.9 Å². The molecule has 0 aromatic heterocycles. The fourth-order valence-corrected chi connectivity index (χ4v) is 2.36. The lowest BCUT2D eigenvalue weighted by atomic mass is 10.2. The highest BCUT2D eigenvalue weighted by atomic mass is 19.1. The van der Waals surface area contributed by atoms with Crippen molar-refractivity contribution in [3.05, 3.63) is 59.9 Å². The molecule has 31 heavy (non-hydrogen) atoms. The summed E-state index contributed by atoms with van der Waals surface area (Å²) in [5.41, 5.74) is 1.18. The molecule has 0 atom stereocenters. The van der Waals surface area contributed by atoms with Gasteiger partial charge in [-0.05, 0) is 62.4 Å². The molecule has 8 nitrogen and oxygen atoms in total. The summed E-state index contributed by atoms with van der Waals surface area (Å²) < 4.78 is 22.7. The Morgan fingerprint density at radius 1 is 0.839 bits per heavy atom. The summed E-state index contributed by atoms with van der Waals surface area (Å²) in [6.45, 7) is 2.97. The summed E-state index contributed by atoms with van der Waals surface area (Å²) in [6.07, 6.45) is -0.593. The molecule has 2 aromatic carbocycles. The van der Waals surface area contributed by atoms with Gasteiger partial charge in [0.1, 0.15) is 5.82 Å². The molecule has 0 saturated heterocycles. The van der Waals surface area contributed by atoms with E-state index < -0.39 is 36.2 Å². The number of ether oxygens (including phenoxy) is 2. The van der Waals surface area contributed by atoms with E-state index in [1.54, 1.807) is 26.0 Å². The van der Waals surface area contributed by atoms with Crippen LogP contribution in [0.25, 0.3) is 0 Å². The number of esters is 2. The van der Waals surface area contributed by atoms with Gasteiger partial charge < -0.3 is 20.1 Å². The van der Waals surface area contributed by atoms with Crippen LogP contribution in [0.15, 0.2) is 48.5 Å². The number of anilines is 2. The van der Waals surface area contributed by atoms with Crippen LogP contribution in [-0.4, -0.2) is 36.5 Å². The molecule has 0 heterocycles. The first kappa shape index (κ1) is 23.5. The average Bonchev–Trinajstić information content (AvgIpc) is 2.72. The fraction of sp³-hybridized carbons (Fsp3) is 0.273. The maximum absolute atomic E-state index is 12.8. The number of hydrogen-bond donors (Lipinski definition) is 2. The maximum atomic E-state index is 12.8. The van der Waals surface area contributed by atoms with Gasteiger partial charge in [-0.2, -0.15) is 0 Å². The third-order valence-corrected chi connectivity index (χ3v) is 3.80. The highest BCUT2D eigenvalue weighted by molar-refractivity contribution is 5.95. The first-order chi connectivity index (χ1) is 14.7. The predicted octanol–water partition coefficient (Wildman–Crippen LogP) is 3.29. The molecule has 0 spiro atoms. The average molecular weight is 430 g/mol. The second kappa shape index (κ2) is 11.4. The van der Waals surface area contributed by atoms with Gasteiger partial charge in [-0.3, -0.25) is 14.4 Å². The summed E-state index contributed by atoms with van der Waals surface area (Å²) >= 11 is 0. The van der Waals surface area contributed by atoms with E-state index in [2.05, 4.69) is 10.6 Å². The number of hydrogen-bond acceptors (Lipinski definition) is 6. The third-order valence-electron chi connectivity index (χ3n) is 3.80. The molecule has 0 bridgehead atoms. The van der Waals surface area contributed by atoms with Gasteiger partial charge in [0.15, 0.2) is 6.61 Å². The number of carbonyl (C=O) groups is 4. The van der Waals surface area contributed by atoms with E-state index in [9.17, 15) is 23.6 Å². The molecule has 164 valence electrons. The van der Waals surface area contributed by atoms with Crippen molar-refractivity contribution in [3.8, 4) is 0 Å². The molecular formula is C22H23FN2O6. The lowest BCUT2D eigenvalue weighted by Crippen LogP contribution is -2.21. The van der Waals surface area contributed by atoms with Crippen molar-refractivity contribution in [1.29, 1.82) is 0 Å². The summed E-state index contributed by atoms with van der Waals surface area (Å²) in [6, 6.07) is 11.3. The van der Waals surface area contributed by atoms with Crippen molar-refractivity contribution in [1.82, 2.24) is 0 Å². The Bertz CT molecular complexity index is 926. The highest BCUT2D eigenvalue weighted by Crippen LogP contribution is 2.12. The SMILES string of the molecule is CC(C)OC(=O)c1ccc(NC(=O)CCC(=O)OCC(=O)Nc2ccc(F)cc2)cc1. The van der Waals surface area contributed by atoms with Crippen molar-refractivity contribution in [2.45, 2.75) is 32.8 Å². The molecule has 0 saturated carbocycles. The lowest BCUT2D eigenvalue weighted by Gasteiger charge is -2.09. The molecule has 0 unspecified atom stereocenters. The van der Waals surface area contributed by atoms with Crippen LogP contribution in [0.3, 0.4) is 0 Å². The van der Waals surface area contributed by atoms with Gasteiger partial charge in [-0.15, -0.1) is 0 Å². The topological polar surface area (TPSA) is 111 Å².